The van der Waals surface area contributed by atoms with Crippen molar-refractivity contribution in [3.05, 3.63) is 29.6 Å². The van der Waals surface area contributed by atoms with Crippen LogP contribution in [0.3, 0.4) is 0 Å². The number of phenolic OH excluding ortho intramolecular Hbond substituents is 1. The van der Waals surface area contributed by atoms with Crippen LogP contribution in [0.1, 0.15) is 29.6 Å². The van der Waals surface area contributed by atoms with Gasteiger partial charge < -0.3 is 15.5 Å². The molecule has 1 unspecified atom stereocenters. The van der Waals surface area contributed by atoms with Crippen LogP contribution in [0.2, 0.25) is 0 Å². The molecule has 0 aromatic heterocycles. The molecule has 1 saturated carbocycles. The Labute approximate surface area is 109 Å². The first-order valence-corrected chi connectivity index (χ1v) is 5.99. The lowest BCUT2D eigenvalue weighted by Crippen LogP contribution is -2.38. The van der Waals surface area contributed by atoms with Gasteiger partial charge in [0.05, 0.1) is 6.42 Å². The van der Waals surface area contributed by atoms with Crippen LogP contribution in [0.15, 0.2) is 18.2 Å². The molecule has 1 fully saturated rings. The van der Waals surface area contributed by atoms with Gasteiger partial charge in [-0.2, -0.15) is 0 Å². The maximum absolute atomic E-state index is 13.5. The Morgan fingerprint density at radius 3 is 2.63 bits per heavy atom. The standard InChI is InChI=1S/C13H14FNO4/c14-8-2-1-3-10(16)12(8)13(19)15-9(6-11(17)18)7-4-5-7/h1-3,7,9,16H,4-6H2,(H,15,19)(H,17,18). The molecular weight excluding hydrogens is 253 g/mol. The minimum absolute atomic E-state index is 0.119. The molecule has 102 valence electrons. The van der Waals surface area contributed by atoms with E-state index in [1.807, 2.05) is 0 Å². The number of hydrogen-bond acceptors (Lipinski definition) is 3. The van der Waals surface area contributed by atoms with Crippen molar-refractivity contribution in [2.24, 2.45) is 5.92 Å². The average molecular weight is 267 g/mol. The van der Waals surface area contributed by atoms with Crippen LogP contribution in [0.25, 0.3) is 0 Å². The number of hydrogen-bond donors (Lipinski definition) is 3. The second kappa shape index (κ2) is 5.26. The summed E-state index contributed by atoms with van der Waals surface area (Å²) in [6.07, 6.45) is 1.49. The van der Waals surface area contributed by atoms with Gasteiger partial charge in [0.25, 0.3) is 5.91 Å². The van der Waals surface area contributed by atoms with Crippen molar-refractivity contribution in [1.82, 2.24) is 5.32 Å². The van der Waals surface area contributed by atoms with Gasteiger partial charge in [-0.3, -0.25) is 9.59 Å². The molecule has 1 aliphatic rings. The third kappa shape index (κ3) is 3.21. The smallest absolute Gasteiger partial charge is 0.305 e. The van der Waals surface area contributed by atoms with Gasteiger partial charge in [0, 0.05) is 6.04 Å². The Morgan fingerprint density at radius 1 is 1.42 bits per heavy atom. The molecule has 0 radical (unpaired) electrons. The fraction of sp³-hybridized carbons (Fsp3) is 0.385. The lowest BCUT2D eigenvalue weighted by molar-refractivity contribution is -0.137. The highest BCUT2D eigenvalue weighted by molar-refractivity contribution is 5.97. The second-order valence-corrected chi connectivity index (χ2v) is 4.65. The SMILES string of the molecule is O=C(O)CC(NC(=O)c1c(O)cccc1F)C1CC1. The van der Waals surface area contributed by atoms with Gasteiger partial charge in [-0.15, -0.1) is 0 Å². The van der Waals surface area contributed by atoms with E-state index in [9.17, 15) is 19.1 Å². The topological polar surface area (TPSA) is 86.6 Å². The molecule has 1 aromatic carbocycles. The minimum Gasteiger partial charge on any atom is -0.507 e. The first-order chi connectivity index (χ1) is 8.99. The largest absolute Gasteiger partial charge is 0.507 e. The van der Waals surface area contributed by atoms with Gasteiger partial charge in [0.1, 0.15) is 17.1 Å². The number of carbonyl (C=O) groups is 2. The number of phenols is 1. The molecule has 0 spiro atoms. The monoisotopic (exact) mass is 267 g/mol. The molecule has 1 atom stereocenters. The van der Waals surface area contributed by atoms with E-state index >= 15 is 0 Å². The molecule has 1 aromatic rings. The van der Waals surface area contributed by atoms with Gasteiger partial charge >= 0.3 is 5.97 Å². The lowest BCUT2D eigenvalue weighted by atomic mass is 10.1. The summed E-state index contributed by atoms with van der Waals surface area (Å²) < 4.78 is 13.5. The van der Waals surface area contributed by atoms with E-state index in [2.05, 4.69) is 5.32 Å². The van der Waals surface area contributed by atoms with E-state index in [1.54, 1.807) is 0 Å². The predicted molar refractivity (Wildman–Crippen MR) is 64.3 cm³/mol. The molecule has 0 bridgehead atoms. The zero-order valence-corrected chi connectivity index (χ0v) is 10.1. The van der Waals surface area contributed by atoms with Crippen LogP contribution >= 0.6 is 0 Å². The minimum atomic E-state index is -1.02. The summed E-state index contributed by atoms with van der Waals surface area (Å²) in [5.41, 5.74) is -0.446. The van der Waals surface area contributed by atoms with Crippen molar-refractivity contribution in [1.29, 1.82) is 0 Å². The summed E-state index contributed by atoms with van der Waals surface area (Å²) in [4.78, 5) is 22.6. The quantitative estimate of drug-likeness (QED) is 0.754. The highest BCUT2D eigenvalue weighted by Gasteiger charge is 2.34. The summed E-state index contributed by atoms with van der Waals surface area (Å²) in [5, 5.41) is 20.8. The maximum atomic E-state index is 13.5. The molecule has 0 heterocycles. The Hall–Kier alpha value is -2.11. The van der Waals surface area contributed by atoms with Crippen LogP contribution in [-0.2, 0) is 4.79 Å². The highest BCUT2D eigenvalue weighted by atomic mass is 19.1. The summed E-state index contributed by atoms with van der Waals surface area (Å²) >= 11 is 0. The van der Waals surface area contributed by atoms with E-state index in [-0.39, 0.29) is 12.3 Å². The summed E-state index contributed by atoms with van der Waals surface area (Å²) in [6.45, 7) is 0. The van der Waals surface area contributed by atoms with E-state index in [1.165, 1.54) is 12.1 Å². The average Bonchev–Trinajstić information content (AvgIpc) is 3.10. The summed E-state index contributed by atoms with van der Waals surface area (Å²) in [6, 6.07) is 3.04. The molecule has 3 N–H and O–H groups in total. The first kappa shape index (κ1) is 13.3. The Bertz CT molecular complexity index is 493. The zero-order valence-electron chi connectivity index (χ0n) is 10.1. The number of carboxylic acid groups (broad SMARTS) is 1. The fourth-order valence-corrected chi connectivity index (χ4v) is 2.00. The van der Waals surface area contributed by atoms with Crippen molar-refractivity contribution < 1.29 is 24.2 Å². The van der Waals surface area contributed by atoms with Crippen molar-refractivity contribution in [2.75, 3.05) is 0 Å². The van der Waals surface area contributed by atoms with Crippen molar-refractivity contribution >= 4 is 11.9 Å². The predicted octanol–water partition coefficient (Wildman–Crippen LogP) is 1.51. The first-order valence-electron chi connectivity index (χ1n) is 5.99. The zero-order chi connectivity index (χ0) is 14.0. The normalized spacial score (nSPS) is 15.8. The highest BCUT2D eigenvalue weighted by Crippen LogP contribution is 2.34. The number of rotatable bonds is 5. The number of carbonyl (C=O) groups excluding carboxylic acids is 1. The molecule has 19 heavy (non-hydrogen) atoms. The van der Waals surface area contributed by atoms with E-state index in [0.29, 0.717) is 0 Å². The molecular formula is C13H14FNO4. The number of nitrogens with one attached hydrogen (secondary N) is 1. The number of aromatic hydroxyl groups is 1. The van der Waals surface area contributed by atoms with Crippen molar-refractivity contribution in [2.45, 2.75) is 25.3 Å². The Balaban J connectivity index is 2.12. The molecule has 0 aliphatic heterocycles. The molecule has 0 saturated heterocycles. The number of halogens is 1. The summed E-state index contributed by atoms with van der Waals surface area (Å²) in [5.74, 6) is -2.97. The molecule has 1 aliphatic carbocycles. The number of benzene rings is 1. The van der Waals surface area contributed by atoms with Crippen LogP contribution in [0.5, 0.6) is 5.75 Å². The third-order valence-corrected chi connectivity index (χ3v) is 3.12. The van der Waals surface area contributed by atoms with Gasteiger partial charge in [-0.25, -0.2) is 4.39 Å². The molecule has 5 nitrogen and oxygen atoms in total. The maximum Gasteiger partial charge on any atom is 0.305 e. The van der Waals surface area contributed by atoms with E-state index < -0.39 is 35.0 Å². The molecule has 6 heteroatoms. The fourth-order valence-electron chi connectivity index (χ4n) is 2.00. The Morgan fingerprint density at radius 2 is 2.11 bits per heavy atom. The number of aliphatic carboxylic acids is 1. The van der Waals surface area contributed by atoms with Gasteiger partial charge in [0.2, 0.25) is 0 Å². The second-order valence-electron chi connectivity index (χ2n) is 4.65. The molecule has 2 rings (SSSR count). The van der Waals surface area contributed by atoms with Crippen molar-refractivity contribution in [3.63, 3.8) is 0 Å². The number of amides is 1. The van der Waals surface area contributed by atoms with Crippen LogP contribution in [-0.4, -0.2) is 28.1 Å². The van der Waals surface area contributed by atoms with Crippen molar-refractivity contribution in [3.8, 4) is 5.75 Å². The Kier molecular flexibility index (Phi) is 3.69. The van der Waals surface area contributed by atoms with E-state index in [4.69, 9.17) is 5.11 Å². The van der Waals surface area contributed by atoms with Crippen LogP contribution in [0, 0.1) is 11.7 Å². The van der Waals surface area contributed by atoms with Crippen LogP contribution in [0.4, 0.5) is 4.39 Å². The lowest BCUT2D eigenvalue weighted by Gasteiger charge is -2.16. The van der Waals surface area contributed by atoms with Gasteiger partial charge in [-0.05, 0) is 30.9 Å². The van der Waals surface area contributed by atoms with Crippen LogP contribution < -0.4 is 5.32 Å². The summed E-state index contributed by atoms with van der Waals surface area (Å²) in [7, 11) is 0. The molecule has 1 amide bonds. The third-order valence-electron chi connectivity index (χ3n) is 3.12. The van der Waals surface area contributed by atoms with E-state index in [0.717, 1.165) is 18.9 Å². The number of carboxylic acids is 1. The van der Waals surface area contributed by atoms with Gasteiger partial charge in [-0.1, -0.05) is 6.07 Å². The van der Waals surface area contributed by atoms with Gasteiger partial charge in [0.15, 0.2) is 0 Å².